The Morgan fingerprint density at radius 1 is 1.37 bits per heavy atom. The summed E-state index contributed by atoms with van der Waals surface area (Å²) < 4.78 is 0. The first-order chi connectivity index (χ1) is 9.25. The zero-order valence-corrected chi connectivity index (χ0v) is 12.2. The van der Waals surface area contributed by atoms with Crippen LogP contribution in [-0.2, 0) is 0 Å². The van der Waals surface area contributed by atoms with Gasteiger partial charge in [0.05, 0.1) is 0 Å². The molecule has 0 bridgehead atoms. The summed E-state index contributed by atoms with van der Waals surface area (Å²) in [6.45, 7) is 5.43. The van der Waals surface area contributed by atoms with Gasteiger partial charge in [0, 0.05) is 25.0 Å². The fourth-order valence-corrected chi connectivity index (χ4v) is 2.78. The Kier molecular flexibility index (Phi) is 5.59. The van der Waals surface area contributed by atoms with Crippen molar-refractivity contribution < 1.29 is 0 Å². The fraction of sp³-hybridized carbons (Fsp3) is 0.588. The van der Waals surface area contributed by atoms with E-state index < -0.39 is 0 Å². The molecular formula is C17H26N2. The van der Waals surface area contributed by atoms with Crippen molar-refractivity contribution in [2.75, 3.05) is 6.54 Å². The number of nitrogens with one attached hydrogen (secondary N) is 1. The average molecular weight is 258 g/mol. The van der Waals surface area contributed by atoms with Crippen molar-refractivity contribution >= 4 is 6.08 Å². The van der Waals surface area contributed by atoms with E-state index in [0.29, 0.717) is 6.04 Å². The summed E-state index contributed by atoms with van der Waals surface area (Å²) >= 11 is 0. The molecule has 1 aromatic rings. The molecule has 2 nitrogen and oxygen atoms in total. The summed E-state index contributed by atoms with van der Waals surface area (Å²) in [6, 6.07) is 4.70. The molecule has 1 N–H and O–H groups in total. The van der Waals surface area contributed by atoms with Gasteiger partial charge in [0.25, 0.3) is 0 Å². The SMILES string of the molecule is CC(C)NCC(=Cc1cccnc1)C1CCCCC1. The minimum absolute atomic E-state index is 0.542. The highest BCUT2D eigenvalue weighted by atomic mass is 14.9. The van der Waals surface area contributed by atoms with E-state index in [-0.39, 0.29) is 0 Å². The Morgan fingerprint density at radius 3 is 2.79 bits per heavy atom. The van der Waals surface area contributed by atoms with Gasteiger partial charge in [-0.1, -0.05) is 50.8 Å². The van der Waals surface area contributed by atoms with Gasteiger partial charge in [0.1, 0.15) is 0 Å². The smallest absolute Gasteiger partial charge is 0.0340 e. The minimum atomic E-state index is 0.542. The van der Waals surface area contributed by atoms with Crippen LogP contribution in [-0.4, -0.2) is 17.6 Å². The van der Waals surface area contributed by atoms with E-state index >= 15 is 0 Å². The number of rotatable bonds is 5. The maximum absolute atomic E-state index is 4.21. The van der Waals surface area contributed by atoms with Crippen molar-refractivity contribution in [3.8, 4) is 0 Å². The molecular weight excluding hydrogens is 232 g/mol. The van der Waals surface area contributed by atoms with Crippen LogP contribution in [0.15, 0.2) is 30.1 Å². The molecule has 2 rings (SSSR count). The van der Waals surface area contributed by atoms with Gasteiger partial charge in [0.15, 0.2) is 0 Å². The number of nitrogens with zero attached hydrogens (tertiary/aromatic N) is 1. The predicted octanol–water partition coefficient (Wildman–Crippen LogP) is 4.04. The van der Waals surface area contributed by atoms with Crippen LogP contribution in [0.2, 0.25) is 0 Å². The zero-order chi connectivity index (χ0) is 13.5. The normalized spacial score (nSPS) is 17.9. The quantitative estimate of drug-likeness (QED) is 0.862. The molecule has 1 saturated carbocycles. The first-order valence-electron chi connectivity index (χ1n) is 7.59. The molecule has 2 heteroatoms. The van der Waals surface area contributed by atoms with Gasteiger partial charge < -0.3 is 5.32 Å². The van der Waals surface area contributed by atoms with E-state index in [9.17, 15) is 0 Å². The molecule has 1 aliphatic carbocycles. The third-order valence-corrected chi connectivity index (χ3v) is 3.88. The molecule has 0 aromatic carbocycles. The third-order valence-electron chi connectivity index (χ3n) is 3.88. The van der Waals surface area contributed by atoms with Gasteiger partial charge >= 0.3 is 0 Å². The Bertz CT molecular complexity index is 389. The van der Waals surface area contributed by atoms with Crippen LogP contribution in [0.1, 0.15) is 51.5 Å². The Labute approximate surface area is 117 Å². The topological polar surface area (TPSA) is 24.9 Å². The Morgan fingerprint density at radius 2 is 2.16 bits per heavy atom. The van der Waals surface area contributed by atoms with E-state index in [1.165, 1.54) is 37.7 Å². The number of hydrogen-bond acceptors (Lipinski definition) is 2. The van der Waals surface area contributed by atoms with Gasteiger partial charge in [-0.2, -0.15) is 0 Å². The molecule has 1 aromatic heterocycles. The first-order valence-corrected chi connectivity index (χ1v) is 7.59. The maximum atomic E-state index is 4.21. The van der Waals surface area contributed by atoms with Crippen LogP contribution in [0.3, 0.4) is 0 Å². The van der Waals surface area contributed by atoms with Crippen LogP contribution in [0.25, 0.3) is 6.08 Å². The van der Waals surface area contributed by atoms with E-state index in [2.05, 4.69) is 36.3 Å². The Hall–Kier alpha value is -1.15. The summed E-state index contributed by atoms with van der Waals surface area (Å²) in [6.07, 6.45) is 13.0. The molecule has 0 aliphatic heterocycles. The average Bonchev–Trinajstić information content (AvgIpc) is 2.45. The van der Waals surface area contributed by atoms with E-state index in [4.69, 9.17) is 0 Å². The molecule has 19 heavy (non-hydrogen) atoms. The van der Waals surface area contributed by atoms with Crippen molar-refractivity contribution in [2.45, 2.75) is 52.0 Å². The number of hydrogen-bond donors (Lipinski definition) is 1. The summed E-state index contributed by atoms with van der Waals surface area (Å²) in [7, 11) is 0. The summed E-state index contributed by atoms with van der Waals surface area (Å²) in [5.74, 6) is 0.764. The largest absolute Gasteiger partial charge is 0.311 e. The lowest BCUT2D eigenvalue weighted by Crippen LogP contribution is -2.27. The van der Waals surface area contributed by atoms with Crippen LogP contribution in [0.4, 0.5) is 0 Å². The highest BCUT2D eigenvalue weighted by Gasteiger charge is 2.17. The molecule has 1 aliphatic rings. The monoisotopic (exact) mass is 258 g/mol. The van der Waals surface area contributed by atoms with Gasteiger partial charge in [-0.05, 0) is 30.4 Å². The minimum Gasteiger partial charge on any atom is -0.311 e. The Balaban J connectivity index is 2.10. The second-order valence-electron chi connectivity index (χ2n) is 5.88. The first kappa shape index (κ1) is 14.3. The van der Waals surface area contributed by atoms with Crippen molar-refractivity contribution in [3.05, 3.63) is 35.7 Å². The summed E-state index contributed by atoms with van der Waals surface area (Å²) in [4.78, 5) is 4.21. The van der Waals surface area contributed by atoms with Crippen LogP contribution < -0.4 is 5.32 Å². The molecule has 0 atom stereocenters. The molecule has 104 valence electrons. The highest BCUT2D eigenvalue weighted by Crippen LogP contribution is 2.30. The van der Waals surface area contributed by atoms with Crippen LogP contribution in [0.5, 0.6) is 0 Å². The van der Waals surface area contributed by atoms with E-state index in [0.717, 1.165) is 12.5 Å². The van der Waals surface area contributed by atoms with Crippen LogP contribution in [0, 0.1) is 5.92 Å². The standard InChI is InChI=1S/C17H26N2/c1-14(2)19-13-17(16-8-4-3-5-9-16)11-15-7-6-10-18-12-15/h6-7,10-12,14,16,19H,3-5,8-9,13H2,1-2H3. The second kappa shape index (κ2) is 7.44. The molecule has 1 fully saturated rings. The summed E-state index contributed by atoms with van der Waals surface area (Å²) in [5.41, 5.74) is 2.79. The lowest BCUT2D eigenvalue weighted by molar-refractivity contribution is 0.394. The lowest BCUT2D eigenvalue weighted by atomic mass is 9.83. The van der Waals surface area contributed by atoms with Gasteiger partial charge in [-0.25, -0.2) is 0 Å². The number of pyridine rings is 1. The van der Waals surface area contributed by atoms with Gasteiger partial charge in [-0.3, -0.25) is 4.98 Å². The van der Waals surface area contributed by atoms with E-state index in [1.54, 1.807) is 5.57 Å². The van der Waals surface area contributed by atoms with E-state index in [1.807, 2.05) is 18.5 Å². The lowest BCUT2D eigenvalue weighted by Gasteiger charge is -2.25. The van der Waals surface area contributed by atoms with Gasteiger partial charge in [0.2, 0.25) is 0 Å². The van der Waals surface area contributed by atoms with Crippen molar-refractivity contribution in [1.82, 2.24) is 10.3 Å². The van der Waals surface area contributed by atoms with Gasteiger partial charge in [-0.15, -0.1) is 0 Å². The molecule has 0 saturated heterocycles. The zero-order valence-electron chi connectivity index (χ0n) is 12.2. The molecule has 0 amide bonds. The molecule has 0 radical (unpaired) electrons. The predicted molar refractivity (Wildman–Crippen MR) is 81.9 cm³/mol. The summed E-state index contributed by atoms with van der Waals surface area (Å²) in [5, 5.41) is 3.57. The maximum Gasteiger partial charge on any atom is 0.0340 e. The van der Waals surface area contributed by atoms with Crippen molar-refractivity contribution in [1.29, 1.82) is 0 Å². The molecule has 1 heterocycles. The molecule has 0 unspecified atom stereocenters. The van der Waals surface area contributed by atoms with Crippen molar-refractivity contribution in [2.24, 2.45) is 5.92 Å². The van der Waals surface area contributed by atoms with Crippen LogP contribution >= 0.6 is 0 Å². The third kappa shape index (κ3) is 4.79. The fourth-order valence-electron chi connectivity index (χ4n) is 2.78. The second-order valence-corrected chi connectivity index (χ2v) is 5.88. The highest BCUT2D eigenvalue weighted by molar-refractivity contribution is 5.52. The number of aromatic nitrogens is 1. The van der Waals surface area contributed by atoms with Crippen molar-refractivity contribution in [3.63, 3.8) is 0 Å². The molecule has 0 spiro atoms.